The zero-order valence-electron chi connectivity index (χ0n) is 18.8. The lowest BCUT2D eigenvalue weighted by molar-refractivity contribution is -0.130. The Morgan fingerprint density at radius 3 is 2.56 bits per heavy atom. The van der Waals surface area contributed by atoms with Crippen LogP contribution < -0.4 is 9.64 Å². The first-order valence-corrected chi connectivity index (χ1v) is 12.7. The fourth-order valence-corrected chi connectivity index (χ4v) is 5.71. The number of anilines is 1. The van der Waals surface area contributed by atoms with Crippen LogP contribution in [-0.2, 0) is 17.0 Å². The molecule has 0 bridgehead atoms. The van der Waals surface area contributed by atoms with Crippen LogP contribution in [0.1, 0.15) is 22.4 Å². The number of rotatable bonds is 7. The average molecular weight is 468 g/mol. The van der Waals surface area contributed by atoms with Gasteiger partial charge < -0.3 is 14.5 Å². The predicted octanol–water partition coefficient (Wildman–Crippen LogP) is 4.95. The molecule has 1 fully saturated rings. The number of hydrogen-bond donors (Lipinski definition) is 0. The van der Waals surface area contributed by atoms with Gasteiger partial charge in [0.05, 0.1) is 19.2 Å². The fraction of sp³-hybridized carbons (Fsp3) is 0.360. The summed E-state index contributed by atoms with van der Waals surface area (Å²) in [5, 5.41) is 2.02. The first-order chi connectivity index (χ1) is 15.5. The minimum Gasteiger partial charge on any atom is -0.497 e. The molecule has 0 unspecified atom stereocenters. The van der Waals surface area contributed by atoms with E-state index in [1.165, 1.54) is 22.4 Å². The smallest absolute Gasteiger partial charge is 0.228 e. The van der Waals surface area contributed by atoms with E-state index in [1.54, 1.807) is 30.2 Å². The van der Waals surface area contributed by atoms with Gasteiger partial charge in [0.2, 0.25) is 5.91 Å². The van der Waals surface area contributed by atoms with E-state index in [-0.39, 0.29) is 5.91 Å². The Hall–Kier alpha value is -2.51. The van der Waals surface area contributed by atoms with Crippen molar-refractivity contribution in [3.8, 4) is 5.75 Å². The predicted molar refractivity (Wildman–Crippen MR) is 133 cm³/mol. The molecular formula is C25H29N3O2S2. The summed E-state index contributed by atoms with van der Waals surface area (Å²) in [5.41, 5.74) is 5.98. The van der Waals surface area contributed by atoms with E-state index in [4.69, 9.17) is 9.72 Å². The number of ether oxygens (including phenoxy) is 1. The van der Waals surface area contributed by atoms with Gasteiger partial charge in [0, 0.05) is 43.0 Å². The monoisotopic (exact) mass is 467 g/mol. The van der Waals surface area contributed by atoms with Gasteiger partial charge in [0.25, 0.3) is 0 Å². The van der Waals surface area contributed by atoms with E-state index >= 15 is 0 Å². The van der Waals surface area contributed by atoms with Crippen LogP contribution in [0.5, 0.6) is 5.75 Å². The second-order valence-corrected chi connectivity index (χ2v) is 10.1. The summed E-state index contributed by atoms with van der Waals surface area (Å²) < 4.78 is 6.26. The number of thiazole rings is 1. The molecule has 0 spiro atoms. The minimum absolute atomic E-state index is 0.163. The van der Waals surface area contributed by atoms with Crippen LogP contribution in [0.25, 0.3) is 0 Å². The Morgan fingerprint density at radius 2 is 1.84 bits per heavy atom. The van der Waals surface area contributed by atoms with Crippen LogP contribution in [0.15, 0.2) is 52.2 Å². The van der Waals surface area contributed by atoms with E-state index < -0.39 is 0 Å². The number of methoxy groups -OCH3 is 1. The summed E-state index contributed by atoms with van der Waals surface area (Å²) >= 11 is 3.38. The van der Waals surface area contributed by atoms with Crippen molar-refractivity contribution in [1.82, 2.24) is 9.88 Å². The van der Waals surface area contributed by atoms with Crippen LogP contribution in [0.4, 0.5) is 5.69 Å². The number of hydrogen-bond acceptors (Lipinski definition) is 6. The maximum atomic E-state index is 12.8. The summed E-state index contributed by atoms with van der Waals surface area (Å²) in [6, 6.07) is 14.7. The zero-order valence-corrected chi connectivity index (χ0v) is 20.5. The topological polar surface area (TPSA) is 45.7 Å². The highest BCUT2D eigenvalue weighted by molar-refractivity contribution is 8.00. The third-order valence-corrected chi connectivity index (χ3v) is 7.91. The molecule has 0 N–H and O–H groups in total. The Morgan fingerprint density at radius 1 is 1.09 bits per heavy atom. The highest BCUT2D eigenvalue weighted by atomic mass is 32.2. The molecule has 2 aromatic carbocycles. The molecule has 3 aromatic rings. The van der Waals surface area contributed by atoms with E-state index in [1.807, 2.05) is 22.4 Å². The zero-order chi connectivity index (χ0) is 22.5. The lowest BCUT2D eigenvalue weighted by Gasteiger charge is -2.36. The molecule has 1 aliphatic rings. The molecule has 0 aliphatic carbocycles. The van der Waals surface area contributed by atoms with Crippen LogP contribution in [0.3, 0.4) is 0 Å². The highest BCUT2D eigenvalue weighted by Crippen LogP contribution is 2.28. The van der Waals surface area contributed by atoms with Gasteiger partial charge in [-0.05, 0) is 49.2 Å². The Labute approximate surface area is 198 Å². The molecule has 2 heterocycles. The maximum Gasteiger partial charge on any atom is 0.228 e. The number of benzene rings is 2. The van der Waals surface area contributed by atoms with E-state index in [2.05, 4.69) is 49.1 Å². The van der Waals surface area contributed by atoms with E-state index in [0.29, 0.717) is 6.42 Å². The molecule has 4 rings (SSSR count). The fourth-order valence-electron chi connectivity index (χ4n) is 3.80. The maximum absolute atomic E-state index is 12.8. The third kappa shape index (κ3) is 5.64. The van der Waals surface area contributed by atoms with Crippen molar-refractivity contribution in [2.45, 2.75) is 30.4 Å². The number of aromatic nitrogens is 1. The first kappa shape index (κ1) is 22.7. The largest absolute Gasteiger partial charge is 0.497 e. The Bertz CT molecular complexity index is 1060. The SMILES string of the molecule is COc1ccc(N2CCN(C(=O)Cc3csc(SCc4cc(C)ccc4C)n3)CC2)cc1. The molecule has 1 amide bonds. The van der Waals surface area contributed by atoms with Crippen LogP contribution in [-0.4, -0.2) is 49.1 Å². The van der Waals surface area contributed by atoms with Crippen LogP contribution in [0, 0.1) is 13.8 Å². The number of aryl methyl sites for hydroxylation is 2. The number of nitrogens with zero attached hydrogens (tertiary/aromatic N) is 3. The molecule has 1 saturated heterocycles. The van der Waals surface area contributed by atoms with Gasteiger partial charge in [-0.25, -0.2) is 4.98 Å². The van der Waals surface area contributed by atoms with Gasteiger partial charge in [0.15, 0.2) is 0 Å². The Balaban J connectivity index is 1.26. The molecule has 7 heteroatoms. The summed E-state index contributed by atoms with van der Waals surface area (Å²) in [7, 11) is 1.68. The van der Waals surface area contributed by atoms with Crippen molar-refractivity contribution >= 4 is 34.7 Å². The van der Waals surface area contributed by atoms with Crippen molar-refractivity contribution in [2.24, 2.45) is 0 Å². The second-order valence-electron chi connectivity index (χ2n) is 8.07. The van der Waals surface area contributed by atoms with Gasteiger partial charge in [-0.2, -0.15) is 0 Å². The van der Waals surface area contributed by atoms with Gasteiger partial charge in [-0.3, -0.25) is 4.79 Å². The van der Waals surface area contributed by atoms with Gasteiger partial charge in [0.1, 0.15) is 10.1 Å². The van der Waals surface area contributed by atoms with Crippen molar-refractivity contribution in [3.63, 3.8) is 0 Å². The molecule has 1 aliphatic heterocycles. The molecular weight excluding hydrogens is 438 g/mol. The summed E-state index contributed by atoms with van der Waals surface area (Å²) in [4.78, 5) is 21.8. The molecule has 32 heavy (non-hydrogen) atoms. The summed E-state index contributed by atoms with van der Waals surface area (Å²) in [6.45, 7) is 7.43. The number of amides is 1. The molecule has 0 saturated carbocycles. The minimum atomic E-state index is 0.163. The number of thioether (sulfide) groups is 1. The number of carbonyl (C=O) groups excluding carboxylic acids is 1. The number of carbonyl (C=O) groups is 1. The van der Waals surface area contributed by atoms with Gasteiger partial charge in [-0.15, -0.1) is 11.3 Å². The lowest BCUT2D eigenvalue weighted by Crippen LogP contribution is -2.49. The average Bonchev–Trinajstić information content (AvgIpc) is 3.27. The molecule has 168 valence electrons. The summed E-state index contributed by atoms with van der Waals surface area (Å²) in [6.07, 6.45) is 0.378. The quantitative estimate of drug-likeness (QED) is 0.460. The number of piperazine rings is 1. The molecule has 0 atom stereocenters. The van der Waals surface area contributed by atoms with Crippen molar-refractivity contribution in [3.05, 3.63) is 70.2 Å². The van der Waals surface area contributed by atoms with E-state index in [0.717, 1.165) is 47.7 Å². The normalized spacial score (nSPS) is 14.0. The standard InChI is InChI=1S/C25H29N3O2S2/c1-18-4-5-19(2)20(14-18)16-31-25-26-21(17-32-25)15-24(29)28-12-10-27(11-13-28)22-6-8-23(30-3)9-7-22/h4-9,14,17H,10-13,15-16H2,1-3H3. The van der Waals surface area contributed by atoms with Gasteiger partial charge in [-0.1, -0.05) is 35.5 Å². The van der Waals surface area contributed by atoms with Crippen molar-refractivity contribution < 1.29 is 9.53 Å². The van der Waals surface area contributed by atoms with Crippen LogP contribution in [0.2, 0.25) is 0 Å². The highest BCUT2D eigenvalue weighted by Gasteiger charge is 2.22. The first-order valence-electron chi connectivity index (χ1n) is 10.8. The Kier molecular flexibility index (Phi) is 7.37. The molecule has 0 radical (unpaired) electrons. The van der Waals surface area contributed by atoms with Crippen LogP contribution >= 0.6 is 23.1 Å². The second kappa shape index (κ2) is 10.4. The third-order valence-electron chi connectivity index (χ3n) is 5.79. The molecule has 5 nitrogen and oxygen atoms in total. The molecule has 1 aromatic heterocycles. The van der Waals surface area contributed by atoms with E-state index in [9.17, 15) is 4.79 Å². The lowest BCUT2D eigenvalue weighted by atomic mass is 10.1. The van der Waals surface area contributed by atoms with Gasteiger partial charge >= 0.3 is 0 Å². The van der Waals surface area contributed by atoms with Crippen molar-refractivity contribution in [1.29, 1.82) is 0 Å². The van der Waals surface area contributed by atoms with Crippen molar-refractivity contribution in [2.75, 3.05) is 38.2 Å². The summed E-state index contributed by atoms with van der Waals surface area (Å²) in [5.74, 6) is 1.93.